The molecule has 0 aliphatic carbocycles. The van der Waals surface area contributed by atoms with Gasteiger partial charge in [-0.1, -0.05) is 0 Å². The second-order valence-corrected chi connectivity index (χ2v) is 4.96. The van der Waals surface area contributed by atoms with Crippen LogP contribution < -0.4 is 16.0 Å². The van der Waals surface area contributed by atoms with Gasteiger partial charge in [-0.2, -0.15) is 5.10 Å². The van der Waals surface area contributed by atoms with Crippen LogP contribution in [-0.2, 0) is 11.3 Å². The molecule has 0 bridgehead atoms. The van der Waals surface area contributed by atoms with Crippen molar-refractivity contribution in [3.63, 3.8) is 0 Å². The summed E-state index contributed by atoms with van der Waals surface area (Å²) in [5, 5.41) is 4.10. The standard InChI is InChI=1S/C13H21N3O3/c1-10(14)9-19-12-7-13(17)16(15-8-12)5-4-11-3-2-6-18-11/h7-8,10-11H,2-6,9,14H2,1H3. The van der Waals surface area contributed by atoms with Crippen molar-refractivity contribution < 1.29 is 9.47 Å². The largest absolute Gasteiger partial charge is 0.490 e. The summed E-state index contributed by atoms with van der Waals surface area (Å²) in [6.07, 6.45) is 4.83. The number of nitrogens with two attached hydrogens (primary N) is 1. The van der Waals surface area contributed by atoms with Crippen LogP contribution in [0, 0.1) is 0 Å². The second-order valence-electron chi connectivity index (χ2n) is 4.96. The Bertz CT molecular complexity index is 453. The van der Waals surface area contributed by atoms with Gasteiger partial charge >= 0.3 is 0 Å². The van der Waals surface area contributed by atoms with Gasteiger partial charge in [0.1, 0.15) is 12.4 Å². The van der Waals surface area contributed by atoms with E-state index in [1.807, 2.05) is 6.92 Å². The van der Waals surface area contributed by atoms with Crippen molar-refractivity contribution in [3.05, 3.63) is 22.6 Å². The van der Waals surface area contributed by atoms with Crippen LogP contribution in [-0.4, -0.2) is 35.1 Å². The second kappa shape index (κ2) is 6.68. The Hall–Kier alpha value is -1.40. The van der Waals surface area contributed by atoms with E-state index in [-0.39, 0.29) is 17.7 Å². The number of ether oxygens (including phenoxy) is 2. The number of aryl methyl sites for hydroxylation is 1. The van der Waals surface area contributed by atoms with E-state index in [0.717, 1.165) is 25.9 Å². The molecule has 6 heteroatoms. The zero-order valence-corrected chi connectivity index (χ0v) is 11.2. The average molecular weight is 267 g/mol. The van der Waals surface area contributed by atoms with E-state index in [9.17, 15) is 4.79 Å². The van der Waals surface area contributed by atoms with Crippen LogP contribution in [0.1, 0.15) is 26.2 Å². The maximum absolute atomic E-state index is 11.8. The minimum absolute atomic E-state index is 0.0676. The third-order valence-corrected chi connectivity index (χ3v) is 3.04. The number of hydrogen-bond donors (Lipinski definition) is 1. The Morgan fingerprint density at radius 1 is 1.68 bits per heavy atom. The third kappa shape index (κ3) is 4.33. The topological polar surface area (TPSA) is 79.4 Å². The number of nitrogens with zero attached hydrogens (tertiary/aromatic N) is 2. The van der Waals surface area contributed by atoms with Crippen molar-refractivity contribution in [2.24, 2.45) is 5.73 Å². The van der Waals surface area contributed by atoms with Crippen LogP contribution >= 0.6 is 0 Å². The van der Waals surface area contributed by atoms with E-state index in [2.05, 4.69) is 5.10 Å². The van der Waals surface area contributed by atoms with E-state index in [4.69, 9.17) is 15.2 Å². The molecule has 19 heavy (non-hydrogen) atoms. The quantitative estimate of drug-likeness (QED) is 0.813. The van der Waals surface area contributed by atoms with Crippen molar-refractivity contribution in [2.45, 2.75) is 44.9 Å². The molecule has 0 aromatic carbocycles. The SMILES string of the molecule is CC(N)COc1cnn(CCC2CCCO2)c(=O)c1. The lowest BCUT2D eigenvalue weighted by Gasteiger charge is -2.11. The molecule has 1 aromatic heterocycles. The lowest BCUT2D eigenvalue weighted by Crippen LogP contribution is -2.26. The first kappa shape index (κ1) is 14.0. The molecule has 1 aliphatic heterocycles. The number of aromatic nitrogens is 2. The van der Waals surface area contributed by atoms with Gasteiger partial charge in [-0.3, -0.25) is 4.79 Å². The Kier molecular flexibility index (Phi) is 4.93. The number of hydrogen-bond acceptors (Lipinski definition) is 5. The minimum atomic E-state index is -0.153. The summed E-state index contributed by atoms with van der Waals surface area (Å²) in [5.74, 6) is 0.468. The fourth-order valence-corrected chi connectivity index (χ4v) is 2.03. The average Bonchev–Trinajstić information content (AvgIpc) is 2.88. The van der Waals surface area contributed by atoms with Crippen LogP contribution in [0.5, 0.6) is 5.75 Å². The van der Waals surface area contributed by atoms with Gasteiger partial charge < -0.3 is 15.2 Å². The highest BCUT2D eigenvalue weighted by atomic mass is 16.5. The molecular formula is C13H21N3O3. The van der Waals surface area contributed by atoms with Crippen molar-refractivity contribution >= 4 is 0 Å². The molecule has 1 aromatic rings. The van der Waals surface area contributed by atoms with E-state index < -0.39 is 0 Å². The maximum Gasteiger partial charge on any atom is 0.270 e. The highest BCUT2D eigenvalue weighted by molar-refractivity contribution is 5.13. The lowest BCUT2D eigenvalue weighted by molar-refractivity contribution is 0.0990. The maximum atomic E-state index is 11.8. The zero-order valence-electron chi connectivity index (χ0n) is 11.2. The Balaban J connectivity index is 1.89. The number of rotatable bonds is 6. The van der Waals surface area contributed by atoms with Gasteiger partial charge in [-0.25, -0.2) is 4.68 Å². The predicted octanol–water partition coefficient (Wildman–Crippen LogP) is 0.538. The molecule has 2 rings (SSSR count). The first-order chi connectivity index (χ1) is 9.15. The van der Waals surface area contributed by atoms with Crippen LogP contribution in [0.25, 0.3) is 0 Å². The molecule has 0 saturated carbocycles. The van der Waals surface area contributed by atoms with Crippen LogP contribution in [0.2, 0.25) is 0 Å². The Morgan fingerprint density at radius 2 is 2.53 bits per heavy atom. The normalized spacial score (nSPS) is 20.4. The van der Waals surface area contributed by atoms with Crippen molar-refractivity contribution in [2.75, 3.05) is 13.2 Å². The smallest absolute Gasteiger partial charge is 0.270 e. The Morgan fingerprint density at radius 3 is 3.16 bits per heavy atom. The van der Waals surface area contributed by atoms with E-state index in [1.54, 1.807) is 6.20 Å². The molecule has 106 valence electrons. The van der Waals surface area contributed by atoms with Crippen molar-refractivity contribution in [3.8, 4) is 5.75 Å². The van der Waals surface area contributed by atoms with Crippen molar-refractivity contribution in [1.82, 2.24) is 9.78 Å². The molecule has 0 amide bonds. The van der Waals surface area contributed by atoms with E-state index in [1.165, 1.54) is 10.7 Å². The highest BCUT2D eigenvalue weighted by Crippen LogP contribution is 2.15. The molecule has 0 radical (unpaired) electrons. The highest BCUT2D eigenvalue weighted by Gasteiger charge is 2.15. The summed E-state index contributed by atoms with van der Waals surface area (Å²) < 4.78 is 12.3. The summed E-state index contributed by atoms with van der Waals surface area (Å²) in [4.78, 5) is 11.8. The fourth-order valence-electron chi connectivity index (χ4n) is 2.03. The van der Waals surface area contributed by atoms with Gasteiger partial charge in [0.05, 0.1) is 12.3 Å². The van der Waals surface area contributed by atoms with Gasteiger partial charge in [0.2, 0.25) is 0 Å². The summed E-state index contributed by atoms with van der Waals surface area (Å²) in [6.45, 7) is 3.63. The van der Waals surface area contributed by atoms with Gasteiger partial charge in [0.15, 0.2) is 0 Å². The third-order valence-electron chi connectivity index (χ3n) is 3.04. The van der Waals surface area contributed by atoms with Gasteiger partial charge in [0.25, 0.3) is 5.56 Å². The van der Waals surface area contributed by atoms with Crippen LogP contribution in [0.4, 0.5) is 0 Å². The molecule has 0 spiro atoms. The molecule has 1 fully saturated rings. The van der Waals surface area contributed by atoms with Crippen LogP contribution in [0.3, 0.4) is 0 Å². The zero-order chi connectivity index (χ0) is 13.7. The van der Waals surface area contributed by atoms with Gasteiger partial charge in [0, 0.05) is 25.3 Å². The lowest BCUT2D eigenvalue weighted by atomic mass is 10.2. The summed E-state index contributed by atoms with van der Waals surface area (Å²) in [6, 6.07) is 1.38. The molecule has 2 N–H and O–H groups in total. The summed E-state index contributed by atoms with van der Waals surface area (Å²) >= 11 is 0. The minimum Gasteiger partial charge on any atom is -0.490 e. The van der Waals surface area contributed by atoms with E-state index in [0.29, 0.717) is 18.9 Å². The molecular weight excluding hydrogens is 246 g/mol. The molecule has 6 nitrogen and oxygen atoms in total. The van der Waals surface area contributed by atoms with Gasteiger partial charge in [-0.05, 0) is 26.2 Å². The van der Waals surface area contributed by atoms with E-state index >= 15 is 0 Å². The first-order valence-corrected chi connectivity index (χ1v) is 6.72. The molecule has 1 aliphatic rings. The van der Waals surface area contributed by atoms with Crippen LogP contribution in [0.15, 0.2) is 17.1 Å². The van der Waals surface area contributed by atoms with Gasteiger partial charge in [-0.15, -0.1) is 0 Å². The molecule has 2 unspecified atom stereocenters. The monoisotopic (exact) mass is 267 g/mol. The molecule has 2 atom stereocenters. The first-order valence-electron chi connectivity index (χ1n) is 6.72. The predicted molar refractivity (Wildman–Crippen MR) is 71.2 cm³/mol. The molecule has 2 heterocycles. The fraction of sp³-hybridized carbons (Fsp3) is 0.692. The molecule has 1 saturated heterocycles. The van der Waals surface area contributed by atoms with Crippen molar-refractivity contribution in [1.29, 1.82) is 0 Å². The Labute approximate surface area is 112 Å². The summed E-state index contributed by atoms with van der Waals surface area (Å²) in [7, 11) is 0. The summed E-state index contributed by atoms with van der Waals surface area (Å²) in [5.41, 5.74) is 5.43.